The lowest BCUT2D eigenvalue weighted by Crippen LogP contribution is -1.97. The van der Waals surface area contributed by atoms with Gasteiger partial charge >= 0.3 is 0 Å². The number of benzene rings is 10. The Morgan fingerprint density at radius 1 is 0.281 bits per heavy atom. The minimum atomic E-state index is 0.721. The highest BCUT2D eigenvalue weighted by Crippen LogP contribution is 2.45. The number of nitrogens with zero attached hydrogens (tertiary/aromatic N) is 4. The highest BCUT2D eigenvalue weighted by Gasteiger charge is 2.22. The van der Waals surface area contributed by atoms with E-state index in [4.69, 9.17) is 9.97 Å². The van der Waals surface area contributed by atoms with E-state index in [9.17, 15) is 0 Å². The predicted molar refractivity (Wildman–Crippen MR) is 267 cm³/mol. The van der Waals surface area contributed by atoms with E-state index in [2.05, 4.69) is 215 Å². The molecule has 0 bridgehead atoms. The van der Waals surface area contributed by atoms with E-state index in [1.165, 1.54) is 60.0 Å². The predicted octanol–water partition coefficient (Wildman–Crippen LogP) is 15.6. The van der Waals surface area contributed by atoms with Gasteiger partial charge in [0.1, 0.15) is 0 Å². The molecule has 3 heterocycles. The first kappa shape index (κ1) is 36.1. The van der Waals surface area contributed by atoms with Gasteiger partial charge in [0.05, 0.1) is 33.3 Å². The van der Waals surface area contributed by atoms with Crippen LogP contribution < -0.4 is 0 Å². The SMILES string of the molecule is c1ccc(-c2nc(-c3ccccc3)c3cc(-c4cccc(-n5c6ccccc6c6cc7c8c9ccccc9c(-c9ccccc9)cc8n(-c8ccccc8)c7cc65)c4)ccc3n2)cc1. The molecule has 13 aromatic rings. The standard InChI is InChI=1S/C60H38N4/c1-5-18-39(19-6-1)49-37-57-58(48-30-14-13-28-46(48)49)52-36-50-47-29-15-16-31-54(47)64(55(50)38-56(52)63(57)44-25-11-4-12-26-44)45-27-17-24-42(34-45)43-32-33-53-51(35-43)59(40-20-7-2-8-21-40)62-60(61-53)41-22-9-3-10-23-41/h1-38H. The lowest BCUT2D eigenvalue weighted by atomic mass is 9.94. The molecule has 13 rings (SSSR count). The maximum absolute atomic E-state index is 5.19. The van der Waals surface area contributed by atoms with E-state index in [0.717, 1.165) is 61.6 Å². The van der Waals surface area contributed by atoms with Gasteiger partial charge in [-0.15, -0.1) is 0 Å². The Bertz CT molecular complexity index is 3930. The van der Waals surface area contributed by atoms with Crippen LogP contribution in [0, 0.1) is 0 Å². The molecule has 4 nitrogen and oxygen atoms in total. The Hall–Kier alpha value is -8.60. The van der Waals surface area contributed by atoms with Crippen LogP contribution >= 0.6 is 0 Å². The smallest absolute Gasteiger partial charge is 0.160 e. The maximum Gasteiger partial charge on any atom is 0.160 e. The third-order valence-corrected chi connectivity index (χ3v) is 12.9. The van der Waals surface area contributed by atoms with Gasteiger partial charge in [-0.3, -0.25) is 0 Å². The molecular weight excluding hydrogens is 777 g/mol. The van der Waals surface area contributed by atoms with Crippen molar-refractivity contribution in [1.82, 2.24) is 19.1 Å². The summed E-state index contributed by atoms with van der Waals surface area (Å²) in [6.45, 7) is 0. The van der Waals surface area contributed by atoms with Crippen molar-refractivity contribution in [3.8, 4) is 56.3 Å². The second-order valence-electron chi connectivity index (χ2n) is 16.6. The molecule has 0 atom stereocenters. The molecule has 4 heteroatoms. The zero-order valence-electron chi connectivity index (χ0n) is 34.7. The van der Waals surface area contributed by atoms with Gasteiger partial charge in [-0.1, -0.05) is 170 Å². The van der Waals surface area contributed by atoms with E-state index >= 15 is 0 Å². The Kier molecular flexibility index (Phi) is 8.18. The van der Waals surface area contributed by atoms with Gasteiger partial charge < -0.3 is 9.13 Å². The monoisotopic (exact) mass is 814 g/mol. The number of hydrogen-bond acceptors (Lipinski definition) is 2. The third kappa shape index (κ3) is 5.70. The summed E-state index contributed by atoms with van der Waals surface area (Å²) in [5, 5.41) is 8.47. The zero-order chi connectivity index (χ0) is 42.1. The van der Waals surface area contributed by atoms with Crippen molar-refractivity contribution < 1.29 is 0 Å². The minimum absolute atomic E-state index is 0.721. The molecule has 0 fully saturated rings. The van der Waals surface area contributed by atoms with Crippen LogP contribution in [0.4, 0.5) is 0 Å². The number of hydrogen-bond donors (Lipinski definition) is 0. The quantitative estimate of drug-likeness (QED) is 0.168. The van der Waals surface area contributed by atoms with Gasteiger partial charge in [0, 0.05) is 49.4 Å². The third-order valence-electron chi connectivity index (χ3n) is 12.9. The van der Waals surface area contributed by atoms with Gasteiger partial charge in [-0.25, -0.2) is 9.97 Å². The largest absolute Gasteiger partial charge is 0.309 e. The lowest BCUT2D eigenvalue weighted by Gasteiger charge is -2.13. The fraction of sp³-hybridized carbons (Fsp3) is 0. The van der Waals surface area contributed by atoms with Gasteiger partial charge in [0.2, 0.25) is 0 Å². The summed E-state index contributed by atoms with van der Waals surface area (Å²) >= 11 is 0. The molecule has 10 aromatic carbocycles. The molecule has 64 heavy (non-hydrogen) atoms. The van der Waals surface area contributed by atoms with Crippen LogP contribution in [-0.4, -0.2) is 19.1 Å². The Morgan fingerprint density at radius 2 is 0.859 bits per heavy atom. The summed E-state index contributed by atoms with van der Waals surface area (Å²) in [6.07, 6.45) is 0. The second-order valence-corrected chi connectivity index (χ2v) is 16.6. The molecule has 0 saturated carbocycles. The van der Waals surface area contributed by atoms with Crippen molar-refractivity contribution in [1.29, 1.82) is 0 Å². The fourth-order valence-electron chi connectivity index (χ4n) is 9.99. The molecule has 0 spiro atoms. The summed E-state index contributed by atoms with van der Waals surface area (Å²) < 4.78 is 4.91. The molecule has 0 amide bonds. The average Bonchev–Trinajstić information content (AvgIpc) is 3.87. The lowest BCUT2D eigenvalue weighted by molar-refractivity contribution is 1.17. The number of para-hydroxylation sites is 2. The van der Waals surface area contributed by atoms with Crippen LogP contribution in [0.25, 0.3) is 122 Å². The summed E-state index contributed by atoms with van der Waals surface area (Å²) in [7, 11) is 0. The van der Waals surface area contributed by atoms with Gasteiger partial charge in [-0.2, -0.15) is 0 Å². The van der Waals surface area contributed by atoms with E-state index in [1.54, 1.807) is 0 Å². The van der Waals surface area contributed by atoms with Crippen molar-refractivity contribution >= 4 is 65.3 Å². The van der Waals surface area contributed by atoms with Crippen LogP contribution in [0.1, 0.15) is 0 Å². The first-order chi connectivity index (χ1) is 31.7. The van der Waals surface area contributed by atoms with Crippen molar-refractivity contribution in [2.24, 2.45) is 0 Å². The molecule has 3 aromatic heterocycles. The number of aromatic nitrogens is 4. The van der Waals surface area contributed by atoms with Crippen molar-refractivity contribution in [2.75, 3.05) is 0 Å². The van der Waals surface area contributed by atoms with E-state index < -0.39 is 0 Å². The first-order valence-corrected chi connectivity index (χ1v) is 21.8. The van der Waals surface area contributed by atoms with Crippen LogP contribution in [0.5, 0.6) is 0 Å². The van der Waals surface area contributed by atoms with Gasteiger partial charge in [0.25, 0.3) is 0 Å². The Balaban J connectivity index is 1.05. The molecule has 0 aliphatic rings. The van der Waals surface area contributed by atoms with E-state index in [0.29, 0.717) is 0 Å². The second kappa shape index (κ2) is 14.5. The molecule has 298 valence electrons. The summed E-state index contributed by atoms with van der Waals surface area (Å²) in [5.74, 6) is 0.721. The Labute approximate surface area is 369 Å². The highest BCUT2D eigenvalue weighted by atomic mass is 15.0. The molecule has 0 aliphatic heterocycles. The van der Waals surface area contributed by atoms with E-state index in [1.807, 2.05) is 24.3 Å². The molecule has 0 saturated heterocycles. The van der Waals surface area contributed by atoms with Crippen molar-refractivity contribution in [3.63, 3.8) is 0 Å². The average molecular weight is 815 g/mol. The first-order valence-electron chi connectivity index (χ1n) is 21.8. The molecule has 0 unspecified atom stereocenters. The molecule has 0 radical (unpaired) electrons. The molecule has 0 N–H and O–H groups in total. The fourth-order valence-corrected chi connectivity index (χ4v) is 9.99. The van der Waals surface area contributed by atoms with Crippen LogP contribution in [0.2, 0.25) is 0 Å². The minimum Gasteiger partial charge on any atom is -0.309 e. The summed E-state index contributed by atoms with van der Waals surface area (Å²) in [5.41, 5.74) is 15.5. The topological polar surface area (TPSA) is 35.6 Å². The van der Waals surface area contributed by atoms with Crippen molar-refractivity contribution in [3.05, 3.63) is 231 Å². The molecular formula is C60H38N4. The van der Waals surface area contributed by atoms with Crippen LogP contribution in [0.15, 0.2) is 231 Å². The van der Waals surface area contributed by atoms with Gasteiger partial charge in [0.15, 0.2) is 5.82 Å². The highest BCUT2D eigenvalue weighted by molar-refractivity contribution is 6.27. The van der Waals surface area contributed by atoms with Crippen molar-refractivity contribution in [2.45, 2.75) is 0 Å². The van der Waals surface area contributed by atoms with E-state index in [-0.39, 0.29) is 0 Å². The normalized spacial score (nSPS) is 11.8. The van der Waals surface area contributed by atoms with Crippen LogP contribution in [-0.2, 0) is 0 Å². The summed E-state index contributed by atoms with van der Waals surface area (Å²) in [4.78, 5) is 10.3. The maximum atomic E-state index is 5.19. The number of fused-ring (bicyclic) bond motifs is 9. The Morgan fingerprint density at radius 3 is 1.62 bits per heavy atom. The van der Waals surface area contributed by atoms with Gasteiger partial charge in [-0.05, 0) is 93.7 Å². The summed E-state index contributed by atoms with van der Waals surface area (Å²) in [6, 6.07) is 82.8. The zero-order valence-corrected chi connectivity index (χ0v) is 34.7. The number of rotatable bonds is 6. The van der Waals surface area contributed by atoms with Crippen LogP contribution in [0.3, 0.4) is 0 Å². The molecule has 0 aliphatic carbocycles.